The van der Waals surface area contributed by atoms with Crippen molar-refractivity contribution in [2.75, 3.05) is 0 Å². The maximum atomic E-state index is 13.3. The minimum atomic E-state index is -1.54. The fourth-order valence-electron chi connectivity index (χ4n) is 1.21. The standard InChI is InChI=1S/C10H6BrF2NOS2/c11-9-4-14-10(16-9)17(15)5-6-7(12)2-1-3-8(6)13/h1-4H,5H2/t17-/m1/s1. The van der Waals surface area contributed by atoms with Crippen molar-refractivity contribution < 1.29 is 13.0 Å². The van der Waals surface area contributed by atoms with E-state index in [1.54, 1.807) is 0 Å². The van der Waals surface area contributed by atoms with Crippen LogP contribution in [0.1, 0.15) is 5.56 Å². The van der Waals surface area contributed by atoms with Crippen molar-refractivity contribution >= 4 is 38.1 Å². The molecule has 90 valence electrons. The van der Waals surface area contributed by atoms with Gasteiger partial charge in [0.2, 0.25) is 0 Å². The molecular formula is C10H6BrF2NOS2. The van der Waals surface area contributed by atoms with Crippen molar-refractivity contribution in [1.82, 2.24) is 4.98 Å². The van der Waals surface area contributed by atoms with Crippen LogP contribution in [0.5, 0.6) is 0 Å². The van der Waals surface area contributed by atoms with Crippen molar-refractivity contribution in [3.63, 3.8) is 0 Å². The van der Waals surface area contributed by atoms with E-state index in [2.05, 4.69) is 20.9 Å². The largest absolute Gasteiger partial charge is 0.252 e. The Bertz CT molecular complexity index is 553. The predicted molar refractivity (Wildman–Crippen MR) is 66.3 cm³/mol. The molecule has 2 aromatic rings. The second-order valence-electron chi connectivity index (χ2n) is 3.12. The van der Waals surface area contributed by atoms with Crippen LogP contribution in [0.2, 0.25) is 0 Å². The molecular weight excluding hydrogens is 332 g/mol. The zero-order valence-corrected chi connectivity index (χ0v) is 11.5. The monoisotopic (exact) mass is 337 g/mol. The third-order valence-electron chi connectivity index (χ3n) is 1.99. The van der Waals surface area contributed by atoms with Crippen LogP contribution in [-0.2, 0) is 16.6 Å². The number of hydrogen-bond donors (Lipinski definition) is 0. The molecule has 0 aliphatic heterocycles. The molecule has 0 radical (unpaired) electrons. The molecule has 0 aliphatic carbocycles. The molecule has 0 fully saturated rings. The molecule has 1 atom stereocenters. The van der Waals surface area contributed by atoms with Crippen molar-refractivity contribution in [2.45, 2.75) is 10.1 Å². The average molecular weight is 338 g/mol. The van der Waals surface area contributed by atoms with E-state index >= 15 is 0 Å². The summed E-state index contributed by atoms with van der Waals surface area (Å²) in [4.78, 5) is 3.90. The van der Waals surface area contributed by atoms with Crippen LogP contribution in [0.15, 0.2) is 32.5 Å². The SMILES string of the molecule is O=[S@](Cc1c(F)cccc1F)c1ncc(Br)s1. The molecule has 0 N–H and O–H groups in total. The molecule has 0 spiro atoms. The van der Waals surface area contributed by atoms with Gasteiger partial charge in [0.15, 0.2) is 4.34 Å². The van der Waals surface area contributed by atoms with Gasteiger partial charge in [0.1, 0.15) is 11.6 Å². The highest BCUT2D eigenvalue weighted by atomic mass is 79.9. The van der Waals surface area contributed by atoms with Crippen molar-refractivity contribution in [3.8, 4) is 0 Å². The molecule has 0 saturated carbocycles. The Kier molecular flexibility index (Phi) is 4.01. The minimum absolute atomic E-state index is 0.169. The maximum Gasteiger partial charge on any atom is 0.182 e. The van der Waals surface area contributed by atoms with E-state index in [1.807, 2.05) is 0 Å². The fraction of sp³-hybridized carbons (Fsp3) is 0.100. The molecule has 7 heteroatoms. The first-order valence-electron chi connectivity index (χ1n) is 4.50. The third kappa shape index (κ3) is 2.97. The van der Waals surface area contributed by atoms with Gasteiger partial charge in [0.05, 0.1) is 26.5 Å². The van der Waals surface area contributed by atoms with Crippen LogP contribution < -0.4 is 0 Å². The van der Waals surface area contributed by atoms with Gasteiger partial charge in [0.25, 0.3) is 0 Å². The lowest BCUT2D eigenvalue weighted by atomic mass is 10.2. The number of halogens is 3. The highest BCUT2D eigenvalue weighted by Gasteiger charge is 2.15. The highest BCUT2D eigenvalue weighted by molar-refractivity contribution is 9.11. The van der Waals surface area contributed by atoms with Crippen molar-refractivity contribution in [2.24, 2.45) is 0 Å². The van der Waals surface area contributed by atoms with E-state index < -0.39 is 22.4 Å². The number of rotatable bonds is 3. The lowest BCUT2D eigenvalue weighted by molar-refractivity contribution is 0.564. The summed E-state index contributed by atoms with van der Waals surface area (Å²) >= 11 is 4.38. The smallest absolute Gasteiger partial charge is 0.182 e. The van der Waals surface area contributed by atoms with E-state index in [0.29, 0.717) is 4.34 Å². The number of nitrogens with zero attached hydrogens (tertiary/aromatic N) is 1. The Morgan fingerprint density at radius 3 is 2.53 bits per heavy atom. The quantitative estimate of drug-likeness (QED) is 0.858. The van der Waals surface area contributed by atoms with E-state index in [-0.39, 0.29) is 11.3 Å². The molecule has 0 saturated heterocycles. The summed E-state index contributed by atoms with van der Waals surface area (Å²) in [5.41, 5.74) is -0.169. The van der Waals surface area contributed by atoms with Crippen molar-refractivity contribution in [1.29, 1.82) is 0 Å². The summed E-state index contributed by atoms with van der Waals surface area (Å²) in [5.74, 6) is -1.58. The van der Waals surface area contributed by atoms with Gasteiger partial charge in [-0.05, 0) is 28.1 Å². The van der Waals surface area contributed by atoms with Gasteiger partial charge in [-0.2, -0.15) is 0 Å². The summed E-state index contributed by atoms with van der Waals surface area (Å²) < 4.78 is 39.6. The van der Waals surface area contributed by atoms with Gasteiger partial charge < -0.3 is 0 Å². The maximum absolute atomic E-state index is 13.3. The first-order chi connectivity index (χ1) is 8.08. The molecule has 1 aromatic heterocycles. The summed E-state index contributed by atoms with van der Waals surface area (Å²) in [6.45, 7) is 0. The fourth-order valence-corrected chi connectivity index (χ4v) is 4.12. The Labute approximate surface area is 111 Å². The van der Waals surface area contributed by atoms with Gasteiger partial charge in [-0.3, -0.25) is 4.21 Å². The Morgan fingerprint density at radius 1 is 1.35 bits per heavy atom. The number of thiazole rings is 1. The Balaban J connectivity index is 2.24. The second kappa shape index (κ2) is 5.32. The number of aromatic nitrogens is 1. The molecule has 1 aromatic carbocycles. The van der Waals surface area contributed by atoms with Gasteiger partial charge in [-0.1, -0.05) is 17.4 Å². The van der Waals surface area contributed by atoms with E-state index in [4.69, 9.17) is 0 Å². The van der Waals surface area contributed by atoms with Crippen LogP contribution in [-0.4, -0.2) is 9.19 Å². The van der Waals surface area contributed by atoms with Crippen LogP contribution in [0.25, 0.3) is 0 Å². The summed E-state index contributed by atoms with van der Waals surface area (Å²) in [6, 6.07) is 3.57. The second-order valence-corrected chi connectivity index (χ2v) is 7.16. The minimum Gasteiger partial charge on any atom is -0.252 e. The number of hydrogen-bond acceptors (Lipinski definition) is 3. The molecule has 0 aliphatic rings. The normalized spacial score (nSPS) is 12.6. The summed E-state index contributed by atoms with van der Waals surface area (Å²) in [6.07, 6.45) is 1.51. The topological polar surface area (TPSA) is 30.0 Å². The Morgan fingerprint density at radius 2 is 2.00 bits per heavy atom. The van der Waals surface area contributed by atoms with Gasteiger partial charge >= 0.3 is 0 Å². The molecule has 1 heterocycles. The number of benzene rings is 1. The van der Waals surface area contributed by atoms with Crippen molar-refractivity contribution in [3.05, 3.63) is 45.4 Å². The summed E-state index contributed by atoms with van der Waals surface area (Å²) in [5, 5.41) is 0. The van der Waals surface area contributed by atoms with Gasteiger partial charge in [-0.25, -0.2) is 13.8 Å². The van der Waals surface area contributed by atoms with Crippen LogP contribution in [0, 0.1) is 11.6 Å². The van der Waals surface area contributed by atoms with Gasteiger partial charge in [-0.15, -0.1) is 0 Å². The molecule has 0 amide bonds. The lowest BCUT2D eigenvalue weighted by Crippen LogP contribution is -2.01. The van der Waals surface area contributed by atoms with E-state index in [9.17, 15) is 13.0 Å². The average Bonchev–Trinajstić information content (AvgIpc) is 2.70. The highest BCUT2D eigenvalue weighted by Crippen LogP contribution is 2.24. The summed E-state index contributed by atoms with van der Waals surface area (Å²) in [7, 11) is -1.54. The predicted octanol–water partition coefficient (Wildman–Crippen LogP) is 3.49. The first kappa shape index (κ1) is 12.8. The molecule has 2 rings (SSSR count). The molecule has 0 bridgehead atoms. The molecule has 2 nitrogen and oxygen atoms in total. The third-order valence-corrected chi connectivity index (χ3v) is 5.11. The Hall–Kier alpha value is -0.660. The van der Waals surface area contributed by atoms with E-state index in [0.717, 1.165) is 15.9 Å². The molecule has 0 unspecified atom stereocenters. The molecule has 17 heavy (non-hydrogen) atoms. The van der Waals surface area contributed by atoms with Crippen LogP contribution in [0.4, 0.5) is 8.78 Å². The first-order valence-corrected chi connectivity index (χ1v) is 7.43. The van der Waals surface area contributed by atoms with Crippen LogP contribution in [0.3, 0.4) is 0 Å². The van der Waals surface area contributed by atoms with E-state index in [1.165, 1.54) is 23.6 Å². The zero-order valence-electron chi connectivity index (χ0n) is 8.32. The zero-order chi connectivity index (χ0) is 12.4. The lowest BCUT2D eigenvalue weighted by Gasteiger charge is -2.02. The van der Waals surface area contributed by atoms with Gasteiger partial charge in [0, 0.05) is 5.56 Å². The van der Waals surface area contributed by atoms with Crippen LogP contribution >= 0.6 is 27.3 Å².